The number of nitrogens with zero attached hydrogens (tertiary/aromatic N) is 1. The Morgan fingerprint density at radius 2 is 2.05 bits per heavy atom. The smallest absolute Gasteiger partial charge is 0.330 e. The lowest BCUT2D eigenvalue weighted by molar-refractivity contribution is -0.137. The highest BCUT2D eigenvalue weighted by atomic mass is 19.4. The average Bonchev–Trinajstić information content (AvgIpc) is 2.80. The Kier molecular flexibility index (Phi) is 5.27. The Morgan fingerprint density at radius 1 is 1.29 bits per heavy atom. The molecule has 21 heavy (non-hydrogen) atoms. The molecule has 1 heterocycles. The quantitative estimate of drug-likeness (QED) is 0.842. The van der Waals surface area contributed by atoms with Crippen molar-refractivity contribution >= 4 is 0 Å². The maximum absolute atomic E-state index is 12.8. The number of halogens is 3. The minimum absolute atomic E-state index is 0.185. The Bertz CT molecular complexity index is 459. The van der Waals surface area contributed by atoms with Crippen LogP contribution in [0.4, 0.5) is 13.2 Å². The minimum Gasteiger partial charge on any atom is -0.330 e. The molecular formula is C16H23F3N2. The summed E-state index contributed by atoms with van der Waals surface area (Å²) in [6.07, 6.45) is -1.29. The van der Waals surface area contributed by atoms with Gasteiger partial charge in [-0.1, -0.05) is 18.2 Å². The third-order valence-corrected chi connectivity index (χ3v) is 4.43. The van der Waals surface area contributed by atoms with Crippen LogP contribution >= 0.6 is 0 Å². The van der Waals surface area contributed by atoms with E-state index in [0.29, 0.717) is 6.54 Å². The second-order valence-electron chi connectivity index (χ2n) is 5.79. The van der Waals surface area contributed by atoms with Gasteiger partial charge < -0.3 is 10.6 Å². The van der Waals surface area contributed by atoms with E-state index in [1.54, 1.807) is 0 Å². The zero-order chi connectivity index (χ0) is 15.5. The maximum Gasteiger partial charge on any atom is 0.416 e. The molecule has 0 radical (unpaired) electrons. The van der Waals surface area contributed by atoms with E-state index >= 15 is 0 Å². The summed E-state index contributed by atoms with van der Waals surface area (Å²) < 4.78 is 38.4. The monoisotopic (exact) mass is 300 g/mol. The number of benzene rings is 1. The van der Waals surface area contributed by atoms with Gasteiger partial charge in [-0.25, -0.2) is 0 Å². The lowest BCUT2D eigenvalue weighted by atomic mass is 9.91. The lowest BCUT2D eigenvalue weighted by Crippen LogP contribution is -2.30. The molecule has 1 aliphatic heterocycles. The molecule has 1 saturated heterocycles. The molecule has 118 valence electrons. The van der Waals surface area contributed by atoms with Crippen molar-refractivity contribution in [2.45, 2.75) is 44.3 Å². The molecule has 0 saturated carbocycles. The zero-order valence-electron chi connectivity index (χ0n) is 12.4. The summed E-state index contributed by atoms with van der Waals surface area (Å²) in [5.74, 6) is 0.185. The zero-order valence-corrected chi connectivity index (χ0v) is 12.4. The molecular weight excluding hydrogens is 277 g/mol. The van der Waals surface area contributed by atoms with Crippen LogP contribution in [0.2, 0.25) is 0 Å². The van der Waals surface area contributed by atoms with E-state index in [2.05, 4.69) is 11.8 Å². The van der Waals surface area contributed by atoms with E-state index in [9.17, 15) is 13.2 Å². The fraction of sp³-hybridized carbons (Fsp3) is 0.625. The fourth-order valence-electron chi connectivity index (χ4n) is 3.17. The summed E-state index contributed by atoms with van der Waals surface area (Å²) in [5, 5.41) is 0. The largest absolute Gasteiger partial charge is 0.416 e. The highest BCUT2D eigenvalue weighted by molar-refractivity contribution is 5.30. The van der Waals surface area contributed by atoms with E-state index in [4.69, 9.17) is 5.73 Å². The highest BCUT2D eigenvalue weighted by Gasteiger charge is 2.34. The van der Waals surface area contributed by atoms with Crippen LogP contribution in [0.3, 0.4) is 0 Å². The fourth-order valence-corrected chi connectivity index (χ4v) is 3.17. The third kappa shape index (κ3) is 3.98. The number of hydrogen-bond donors (Lipinski definition) is 1. The van der Waals surface area contributed by atoms with E-state index in [-0.39, 0.29) is 12.0 Å². The van der Waals surface area contributed by atoms with Crippen LogP contribution in [0.5, 0.6) is 0 Å². The molecule has 1 unspecified atom stereocenters. The van der Waals surface area contributed by atoms with Gasteiger partial charge in [-0.2, -0.15) is 13.2 Å². The molecule has 1 aliphatic rings. The molecule has 2 N–H and O–H groups in total. The normalized spacial score (nSPS) is 23.7. The van der Waals surface area contributed by atoms with Crippen molar-refractivity contribution in [2.75, 3.05) is 19.6 Å². The van der Waals surface area contributed by atoms with Gasteiger partial charge in [-0.15, -0.1) is 0 Å². The van der Waals surface area contributed by atoms with Crippen LogP contribution in [-0.2, 0) is 6.18 Å². The summed E-state index contributed by atoms with van der Waals surface area (Å²) in [5.41, 5.74) is 5.76. The van der Waals surface area contributed by atoms with Gasteiger partial charge in [0.2, 0.25) is 0 Å². The molecule has 0 bridgehead atoms. The molecule has 2 rings (SSSR count). The van der Waals surface area contributed by atoms with Gasteiger partial charge in [0.1, 0.15) is 0 Å². The second kappa shape index (κ2) is 6.79. The molecule has 0 aliphatic carbocycles. The molecule has 1 aromatic carbocycles. The van der Waals surface area contributed by atoms with Gasteiger partial charge in [0.05, 0.1) is 5.56 Å². The van der Waals surface area contributed by atoms with Gasteiger partial charge in [-0.3, -0.25) is 0 Å². The van der Waals surface area contributed by atoms with E-state index in [1.807, 2.05) is 6.07 Å². The lowest BCUT2D eigenvalue weighted by Gasteiger charge is -2.25. The summed E-state index contributed by atoms with van der Waals surface area (Å²) in [4.78, 5) is 2.36. The van der Waals surface area contributed by atoms with Crippen molar-refractivity contribution < 1.29 is 13.2 Å². The second-order valence-corrected chi connectivity index (χ2v) is 5.79. The van der Waals surface area contributed by atoms with Gasteiger partial charge in [0.25, 0.3) is 0 Å². The van der Waals surface area contributed by atoms with Crippen molar-refractivity contribution in [1.29, 1.82) is 0 Å². The van der Waals surface area contributed by atoms with Crippen LogP contribution in [0.15, 0.2) is 24.3 Å². The van der Waals surface area contributed by atoms with E-state index in [1.165, 1.54) is 12.1 Å². The number of nitrogens with two attached hydrogens (primary N) is 1. The van der Waals surface area contributed by atoms with E-state index < -0.39 is 11.7 Å². The third-order valence-electron chi connectivity index (χ3n) is 4.43. The Balaban J connectivity index is 2.06. The first-order valence-electron chi connectivity index (χ1n) is 7.54. The number of alkyl halides is 3. The van der Waals surface area contributed by atoms with Crippen molar-refractivity contribution in [3.63, 3.8) is 0 Å². The van der Waals surface area contributed by atoms with Crippen LogP contribution in [0, 0.1) is 0 Å². The van der Waals surface area contributed by atoms with Crippen LogP contribution < -0.4 is 5.73 Å². The summed E-state index contributed by atoms with van der Waals surface area (Å²) in [6.45, 7) is 4.74. The van der Waals surface area contributed by atoms with Crippen molar-refractivity contribution in [2.24, 2.45) is 5.73 Å². The summed E-state index contributed by atoms with van der Waals surface area (Å²) in [7, 11) is 0. The number of hydrogen-bond acceptors (Lipinski definition) is 2. The van der Waals surface area contributed by atoms with Gasteiger partial charge in [0, 0.05) is 12.0 Å². The minimum atomic E-state index is -4.27. The number of unbranched alkanes of at least 4 members (excludes halogenated alkanes) is 1. The summed E-state index contributed by atoms with van der Waals surface area (Å²) in [6, 6.07) is 6.07. The molecule has 5 heteroatoms. The molecule has 2 atom stereocenters. The molecule has 1 fully saturated rings. The van der Waals surface area contributed by atoms with Crippen LogP contribution in [0.1, 0.15) is 43.2 Å². The van der Waals surface area contributed by atoms with Gasteiger partial charge in [0.15, 0.2) is 0 Å². The predicted octanol–water partition coefficient (Wildman–Crippen LogP) is 3.62. The van der Waals surface area contributed by atoms with E-state index in [0.717, 1.165) is 44.0 Å². The van der Waals surface area contributed by atoms with Crippen molar-refractivity contribution in [3.8, 4) is 0 Å². The van der Waals surface area contributed by atoms with Crippen LogP contribution in [-0.4, -0.2) is 30.6 Å². The topological polar surface area (TPSA) is 29.3 Å². The standard InChI is InChI=1S/C16H23F3N2/c1-12-15(7-10-21(12)9-3-2-8-20)13-5-4-6-14(11-13)16(17,18)19/h4-6,11-12,15H,2-3,7-10,20H2,1H3/t12-,15?/m1/s1. The Morgan fingerprint density at radius 3 is 2.71 bits per heavy atom. The van der Waals surface area contributed by atoms with Crippen molar-refractivity contribution in [3.05, 3.63) is 35.4 Å². The maximum atomic E-state index is 12.8. The SMILES string of the molecule is C[C@@H]1C(c2cccc(C(F)(F)F)c2)CCN1CCCCN. The molecule has 0 aromatic heterocycles. The first kappa shape index (κ1) is 16.3. The predicted molar refractivity (Wildman–Crippen MR) is 78.1 cm³/mol. The molecule has 0 amide bonds. The Hall–Kier alpha value is -1.07. The molecule has 2 nitrogen and oxygen atoms in total. The first-order valence-corrected chi connectivity index (χ1v) is 7.54. The highest BCUT2D eigenvalue weighted by Crippen LogP contribution is 2.36. The Labute approximate surface area is 124 Å². The number of likely N-dealkylation sites (tertiary alicyclic amines) is 1. The number of rotatable bonds is 5. The molecule has 1 aromatic rings. The van der Waals surface area contributed by atoms with Gasteiger partial charge >= 0.3 is 6.18 Å². The van der Waals surface area contributed by atoms with Crippen LogP contribution in [0.25, 0.3) is 0 Å². The molecule has 0 spiro atoms. The van der Waals surface area contributed by atoms with Crippen molar-refractivity contribution in [1.82, 2.24) is 4.90 Å². The first-order chi connectivity index (χ1) is 9.93. The average molecular weight is 300 g/mol. The van der Waals surface area contributed by atoms with Gasteiger partial charge in [-0.05, 0) is 57.5 Å². The summed E-state index contributed by atoms with van der Waals surface area (Å²) >= 11 is 0.